The summed E-state index contributed by atoms with van der Waals surface area (Å²) < 4.78 is 0. The molecule has 1 fully saturated rings. The number of carbonyl (C=O) groups excluding carboxylic acids is 2. The van der Waals surface area contributed by atoms with Crippen molar-refractivity contribution in [2.75, 3.05) is 6.54 Å². The fourth-order valence-corrected chi connectivity index (χ4v) is 2.23. The summed E-state index contributed by atoms with van der Waals surface area (Å²) in [6.45, 7) is 0.222. The Balaban J connectivity index is 1.95. The first kappa shape index (κ1) is 12.8. The standard InChI is InChI=1S/C14H18N2O2/c15-14(9-5-4-8-12(14)17)10-16-13(18)11-6-2-1-3-7-11/h1-3,6-7H,4-5,8-10,15H2,(H,16,18). The van der Waals surface area contributed by atoms with Gasteiger partial charge in [0.1, 0.15) is 0 Å². The summed E-state index contributed by atoms with van der Waals surface area (Å²) >= 11 is 0. The first-order chi connectivity index (χ1) is 8.62. The van der Waals surface area contributed by atoms with Crippen LogP contribution in [0.2, 0.25) is 0 Å². The van der Waals surface area contributed by atoms with Gasteiger partial charge in [0.2, 0.25) is 0 Å². The molecule has 4 nitrogen and oxygen atoms in total. The summed E-state index contributed by atoms with van der Waals surface area (Å²) in [5.41, 5.74) is 5.78. The molecule has 1 aromatic rings. The van der Waals surface area contributed by atoms with Crippen molar-refractivity contribution in [3.63, 3.8) is 0 Å². The summed E-state index contributed by atoms with van der Waals surface area (Å²) in [6, 6.07) is 8.94. The molecule has 0 bridgehead atoms. The Morgan fingerprint density at radius 3 is 2.67 bits per heavy atom. The van der Waals surface area contributed by atoms with Gasteiger partial charge in [-0.3, -0.25) is 9.59 Å². The number of hydrogen-bond acceptors (Lipinski definition) is 3. The van der Waals surface area contributed by atoms with Crippen LogP contribution in [0, 0.1) is 0 Å². The van der Waals surface area contributed by atoms with Gasteiger partial charge in [-0.15, -0.1) is 0 Å². The molecule has 1 aromatic carbocycles. The molecular formula is C14H18N2O2. The minimum atomic E-state index is -0.872. The molecule has 1 saturated carbocycles. The number of rotatable bonds is 3. The van der Waals surface area contributed by atoms with E-state index in [2.05, 4.69) is 5.32 Å². The van der Waals surface area contributed by atoms with Crippen LogP contribution in [0.4, 0.5) is 0 Å². The maximum atomic E-state index is 11.9. The minimum Gasteiger partial charge on any atom is -0.350 e. The van der Waals surface area contributed by atoms with Gasteiger partial charge < -0.3 is 11.1 Å². The van der Waals surface area contributed by atoms with Crippen LogP contribution in [-0.2, 0) is 4.79 Å². The van der Waals surface area contributed by atoms with Crippen LogP contribution in [-0.4, -0.2) is 23.8 Å². The SMILES string of the molecule is NC1(CNC(=O)c2ccccc2)CCCCC1=O. The molecule has 96 valence electrons. The predicted octanol–water partition coefficient (Wildman–Crippen LogP) is 1.26. The highest BCUT2D eigenvalue weighted by Crippen LogP contribution is 2.22. The maximum absolute atomic E-state index is 11.9. The van der Waals surface area contributed by atoms with Crippen LogP contribution in [0.1, 0.15) is 36.0 Å². The van der Waals surface area contributed by atoms with Crippen molar-refractivity contribution in [3.05, 3.63) is 35.9 Å². The molecule has 1 aliphatic carbocycles. The van der Waals surface area contributed by atoms with E-state index < -0.39 is 5.54 Å². The second-order valence-electron chi connectivity index (χ2n) is 4.84. The summed E-state index contributed by atoms with van der Waals surface area (Å²) in [4.78, 5) is 23.6. The third-order valence-electron chi connectivity index (χ3n) is 3.43. The van der Waals surface area contributed by atoms with Crippen LogP contribution in [0.15, 0.2) is 30.3 Å². The Hall–Kier alpha value is -1.68. The molecular weight excluding hydrogens is 228 g/mol. The van der Waals surface area contributed by atoms with Crippen molar-refractivity contribution in [1.82, 2.24) is 5.32 Å². The average molecular weight is 246 g/mol. The van der Waals surface area contributed by atoms with E-state index in [1.807, 2.05) is 6.07 Å². The molecule has 3 N–H and O–H groups in total. The lowest BCUT2D eigenvalue weighted by atomic mass is 9.81. The molecule has 0 saturated heterocycles. The molecule has 1 unspecified atom stereocenters. The second kappa shape index (κ2) is 5.31. The number of nitrogens with one attached hydrogen (secondary N) is 1. The summed E-state index contributed by atoms with van der Waals surface area (Å²) in [5.74, 6) is -0.124. The molecule has 0 heterocycles. The van der Waals surface area contributed by atoms with Gasteiger partial charge in [0, 0.05) is 18.5 Å². The Bertz CT molecular complexity index is 444. The van der Waals surface area contributed by atoms with Gasteiger partial charge in [0.05, 0.1) is 5.54 Å². The van der Waals surface area contributed by atoms with Crippen LogP contribution < -0.4 is 11.1 Å². The molecule has 0 aliphatic heterocycles. The number of hydrogen-bond donors (Lipinski definition) is 2. The van der Waals surface area contributed by atoms with Gasteiger partial charge in [-0.1, -0.05) is 24.6 Å². The Kier molecular flexibility index (Phi) is 3.77. The van der Waals surface area contributed by atoms with Crippen molar-refractivity contribution in [1.29, 1.82) is 0 Å². The number of nitrogens with two attached hydrogens (primary N) is 1. The van der Waals surface area contributed by atoms with E-state index >= 15 is 0 Å². The molecule has 1 amide bonds. The van der Waals surface area contributed by atoms with E-state index in [4.69, 9.17) is 5.73 Å². The van der Waals surface area contributed by atoms with E-state index in [9.17, 15) is 9.59 Å². The van der Waals surface area contributed by atoms with Crippen LogP contribution >= 0.6 is 0 Å². The largest absolute Gasteiger partial charge is 0.350 e. The van der Waals surface area contributed by atoms with Crippen molar-refractivity contribution < 1.29 is 9.59 Å². The molecule has 0 aromatic heterocycles. The number of ketones is 1. The van der Waals surface area contributed by atoms with Crippen molar-refractivity contribution in [2.45, 2.75) is 31.2 Å². The second-order valence-corrected chi connectivity index (χ2v) is 4.84. The average Bonchev–Trinajstić information content (AvgIpc) is 2.41. The zero-order chi connectivity index (χ0) is 13.0. The van der Waals surface area contributed by atoms with E-state index in [1.165, 1.54) is 0 Å². The molecule has 18 heavy (non-hydrogen) atoms. The Labute approximate surface area is 107 Å². The number of benzene rings is 1. The van der Waals surface area contributed by atoms with E-state index in [0.29, 0.717) is 18.4 Å². The third-order valence-corrected chi connectivity index (χ3v) is 3.43. The quantitative estimate of drug-likeness (QED) is 0.843. The fourth-order valence-electron chi connectivity index (χ4n) is 2.23. The van der Waals surface area contributed by atoms with Crippen LogP contribution in [0.25, 0.3) is 0 Å². The molecule has 0 spiro atoms. The van der Waals surface area contributed by atoms with Crippen molar-refractivity contribution in [3.8, 4) is 0 Å². The van der Waals surface area contributed by atoms with E-state index in [1.54, 1.807) is 24.3 Å². The highest BCUT2D eigenvalue weighted by molar-refractivity contribution is 5.95. The third kappa shape index (κ3) is 2.76. The Morgan fingerprint density at radius 2 is 2.00 bits per heavy atom. The lowest BCUT2D eigenvalue weighted by Gasteiger charge is -2.31. The number of amides is 1. The summed E-state index contributed by atoms with van der Waals surface area (Å²) in [6.07, 6.45) is 3.03. The van der Waals surface area contributed by atoms with Crippen molar-refractivity contribution in [2.24, 2.45) is 5.73 Å². The molecule has 2 rings (SSSR count). The van der Waals surface area contributed by atoms with E-state index in [0.717, 1.165) is 12.8 Å². The highest BCUT2D eigenvalue weighted by Gasteiger charge is 2.35. The van der Waals surface area contributed by atoms with Gasteiger partial charge in [0.25, 0.3) is 5.91 Å². The molecule has 4 heteroatoms. The normalized spacial score (nSPS) is 23.7. The van der Waals surface area contributed by atoms with Crippen LogP contribution in [0.5, 0.6) is 0 Å². The van der Waals surface area contributed by atoms with Gasteiger partial charge >= 0.3 is 0 Å². The van der Waals surface area contributed by atoms with Crippen molar-refractivity contribution >= 4 is 11.7 Å². The smallest absolute Gasteiger partial charge is 0.251 e. The maximum Gasteiger partial charge on any atom is 0.251 e. The fraction of sp³-hybridized carbons (Fsp3) is 0.429. The van der Waals surface area contributed by atoms with Crippen LogP contribution in [0.3, 0.4) is 0 Å². The van der Waals surface area contributed by atoms with E-state index in [-0.39, 0.29) is 18.2 Å². The number of Topliss-reactive ketones (excluding diaryl/α,β-unsaturated/α-hetero) is 1. The first-order valence-electron chi connectivity index (χ1n) is 6.27. The van der Waals surface area contributed by atoms with Gasteiger partial charge in [-0.25, -0.2) is 0 Å². The van der Waals surface area contributed by atoms with Gasteiger partial charge in [0.15, 0.2) is 5.78 Å². The summed E-state index contributed by atoms with van der Waals surface area (Å²) in [7, 11) is 0. The lowest BCUT2D eigenvalue weighted by Crippen LogP contribution is -2.57. The highest BCUT2D eigenvalue weighted by atomic mass is 16.2. The molecule has 0 radical (unpaired) electrons. The lowest BCUT2D eigenvalue weighted by molar-refractivity contribution is -0.125. The first-order valence-corrected chi connectivity index (χ1v) is 6.27. The zero-order valence-corrected chi connectivity index (χ0v) is 10.3. The zero-order valence-electron chi connectivity index (χ0n) is 10.3. The summed E-state index contributed by atoms with van der Waals surface area (Å²) in [5, 5.41) is 2.75. The topological polar surface area (TPSA) is 72.2 Å². The number of carbonyl (C=O) groups is 2. The molecule has 1 aliphatic rings. The minimum absolute atomic E-state index is 0.0575. The monoisotopic (exact) mass is 246 g/mol. The van der Waals surface area contributed by atoms with Gasteiger partial charge in [-0.2, -0.15) is 0 Å². The molecule has 1 atom stereocenters. The van der Waals surface area contributed by atoms with Gasteiger partial charge in [-0.05, 0) is 25.0 Å². The Morgan fingerprint density at radius 1 is 1.28 bits per heavy atom. The predicted molar refractivity (Wildman–Crippen MR) is 69.2 cm³/mol.